The molecule has 0 unspecified atom stereocenters. The predicted molar refractivity (Wildman–Crippen MR) is 127 cm³/mol. The molecule has 0 saturated heterocycles. The molecule has 1 aromatic heterocycles. The molecular formula is C25H21BrN2O4. The van der Waals surface area contributed by atoms with E-state index in [1.807, 2.05) is 66.7 Å². The number of nitrogens with one attached hydrogen (secondary N) is 1. The lowest BCUT2D eigenvalue weighted by Crippen LogP contribution is -2.35. The molecule has 7 heteroatoms. The molecule has 0 atom stereocenters. The van der Waals surface area contributed by atoms with Crippen LogP contribution in [-0.2, 0) is 11.4 Å². The first-order chi connectivity index (χ1) is 15.5. The lowest BCUT2D eigenvalue weighted by molar-refractivity contribution is -0.116. The highest BCUT2D eigenvalue weighted by Gasteiger charge is 2.25. The fourth-order valence-corrected chi connectivity index (χ4v) is 3.68. The monoisotopic (exact) mass is 492 g/mol. The Morgan fingerprint density at radius 3 is 2.44 bits per heavy atom. The number of anilines is 1. The van der Waals surface area contributed by atoms with Crippen LogP contribution in [0.15, 0.2) is 87.8 Å². The van der Waals surface area contributed by atoms with Crippen LogP contribution in [0.2, 0.25) is 0 Å². The summed E-state index contributed by atoms with van der Waals surface area (Å²) >= 11 is 3.40. The fraction of sp³-hybridized carbons (Fsp3) is 0.120. The first kappa shape index (κ1) is 21.6. The van der Waals surface area contributed by atoms with Gasteiger partial charge in [-0.1, -0.05) is 48.5 Å². The van der Waals surface area contributed by atoms with Gasteiger partial charge in [0.15, 0.2) is 5.76 Å². The van der Waals surface area contributed by atoms with Gasteiger partial charge in [-0.05, 0) is 46.3 Å². The SMILES string of the molecule is CN(CC(=O)Nc1ccccc1Br)C(=O)c1oc2ccccc2c1COc1ccccc1. The Morgan fingerprint density at radius 2 is 1.66 bits per heavy atom. The van der Waals surface area contributed by atoms with E-state index in [9.17, 15) is 9.59 Å². The van der Waals surface area contributed by atoms with E-state index in [0.29, 0.717) is 22.6 Å². The van der Waals surface area contributed by atoms with Gasteiger partial charge in [-0.3, -0.25) is 9.59 Å². The van der Waals surface area contributed by atoms with E-state index in [1.54, 1.807) is 19.2 Å². The Hall–Kier alpha value is -3.58. The lowest BCUT2D eigenvalue weighted by atomic mass is 10.1. The third kappa shape index (κ3) is 4.84. The van der Waals surface area contributed by atoms with Crippen molar-refractivity contribution in [3.8, 4) is 5.75 Å². The maximum atomic E-state index is 13.2. The summed E-state index contributed by atoms with van der Waals surface area (Å²) in [5.74, 6) is 0.150. The zero-order valence-corrected chi connectivity index (χ0v) is 19.0. The van der Waals surface area contributed by atoms with Crippen LogP contribution in [0.5, 0.6) is 5.75 Å². The first-order valence-corrected chi connectivity index (χ1v) is 10.8. The Kier molecular flexibility index (Phi) is 6.56. The number of carbonyl (C=O) groups is 2. The van der Waals surface area contributed by atoms with Gasteiger partial charge in [0.25, 0.3) is 5.91 Å². The summed E-state index contributed by atoms with van der Waals surface area (Å²) in [7, 11) is 1.57. The maximum absolute atomic E-state index is 13.2. The maximum Gasteiger partial charge on any atom is 0.290 e. The van der Waals surface area contributed by atoms with Crippen molar-refractivity contribution in [2.45, 2.75) is 6.61 Å². The van der Waals surface area contributed by atoms with Gasteiger partial charge in [-0.2, -0.15) is 0 Å². The average molecular weight is 493 g/mol. The van der Waals surface area contributed by atoms with Gasteiger partial charge >= 0.3 is 0 Å². The van der Waals surface area contributed by atoms with Crippen molar-refractivity contribution in [1.82, 2.24) is 4.90 Å². The first-order valence-electron chi connectivity index (χ1n) is 10.0. The van der Waals surface area contributed by atoms with Crippen molar-refractivity contribution in [2.24, 2.45) is 0 Å². The van der Waals surface area contributed by atoms with Crippen LogP contribution in [0.4, 0.5) is 5.69 Å². The molecule has 0 spiro atoms. The molecule has 0 aliphatic rings. The van der Waals surface area contributed by atoms with Crippen molar-refractivity contribution in [3.63, 3.8) is 0 Å². The van der Waals surface area contributed by atoms with Gasteiger partial charge in [0, 0.05) is 22.5 Å². The van der Waals surface area contributed by atoms with Crippen LogP contribution in [0.25, 0.3) is 11.0 Å². The van der Waals surface area contributed by atoms with Gasteiger partial charge in [0.1, 0.15) is 17.9 Å². The minimum atomic E-state index is -0.393. The van der Waals surface area contributed by atoms with Gasteiger partial charge in [-0.25, -0.2) is 0 Å². The molecule has 32 heavy (non-hydrogen) atoms. The normalized spacial score (nSPS) is 10.7. The number of nitrogens with zero attached hydrogens (tertiary/aromatic N) is 1. The number of ether oxygens (including phenoxy) is 1. The number of furan rings is 1. The van der Waals surface area contributed by atoms with Crippen molar-refractivity contribution in [3.05, 3.63) is 94.7 Å². The van der Waals surface area contributed by atoms with Gasteiger partial charge in [0.2, 0.25) is 5.91 Å². The van der Waals surface area contributed by atoms with Crippen molar-refractivity contribution in [2.75, 3.05) is 18.9 Å². The van der Waals surface area contributed by atoms with Crippen LogP contribution >= 0.6 is 15.9 Å². The minimum Gasteiger partial charge on any atom is -0.489 e. The number of benzene rings is 3. The Labute approximate surface area is 193 Å². The molecule has 1 heterocycles. The van der Waals surface area contributed by atoms with E-state index in [2.05, 4.69) is 21.2 Å². The number of hydrogen-bond acceptors (Lipinski definition) is 4. The summed E-state index contributed by atoms with van der Waals surface area (Å²) in [5.41, 5.74) is 1.88. The van der Waals surface area contributed by atoms with Gasteiger partial charge < -0.3 is 19.4 Å². The molecule has 1 N–H and O–H groups in total. The van der Waals surface area contributed by atoms with Crippen LogP contribution in [0.3, 0.4) is 0 Å². The molecule has 6 nitrogen and oxygen atoms in total. The van der Waals surface area contributed by atoms with Gasteiger partial charge in [-0.15, -0.1) is 0 Å². The third-order valence-corrected chi connectivity index (χ3v) is 5.59. The summed E-state index contributed by atoms with van der Waals surface area (Å²) in [4.78, 5) is 27.0. The van der Waals surface area contributed by atoms with Crippen LogP contribution in [-0.4, -0.2) is 30.3 Å². The second-order valence-corrected chi connectivity index (χ2v) is 8.05. The molecule has 0 aliphatic heterocycles. The highest BCUT2D eigenvalue weighted by Crippen LogP contribution is 2.28. The predicted octanol–water partition coefficient (Wildman–Crippen LogP) is 5.49. The molecule has 0 saturated carbocycles. The second kappa shape index (κ2) is 9.70. The molecule has 162 valence electrons. The number of para-hydroxylation sites is 3. The summed E-state index contributed by atoms with van der Waals surface area (Å²) in [6.45, 7) is 0.0370. The Morgan fingerprint density at radius 1 is 0.969 bits per heavy atom. The topological polar surface area (TPSA) is 71.8 Å². The van der Waals surface area contributed by atoms with Crippen LogP contribution < -0.4 is 10.1 Å². The summed E-state index contributed by atoms with van der Waals surface area (Å²) < 4.78 is 12.5. The molecule has 3 aromatic carbocycles. The second-order valence-electron chi connectivity index (χ2n) is 7.20. The van der Waals surface area contributed by atoms with E-state index in [0.717, 1.165) is 9.86 Å². The van der Waals surface area contributed by atoms with Gasteiger partial charge in [0.05, 0.1) is 12.2 Å². The van der Waals surface area contributed by atoms with Crippen LogP contribution in [0, 0.1) is 0 Å². The Balaban J connectivity index is 1.53. The van der Waals surface area contributed by atoms with Crippen molar-refractivity contribution in [1.29, 1.82) is 0 Å². The van der Waals surface area contributed by atoms with Crippen molar-refractivity contribution >= 4 is 44.4 Å². The molecule has 2 amide bonds. The number of likely N-dealkylation sites (N-methyl/N-ethyl adjacent to an activating group) is 1. The van der Waals surface area contributed by atoms with Crippen molar-refractivity contribution < 1.29 is 18.7 Å². The molecule has 4 aromatic rings. The molecule has 4 rings (SSSR count). The number of rotatable bonds is 7. The highest BCUT2D eigenvalue weighted by atomic mass is 79.9. The summed E-state index contributed by atoms with van der Waals surface area (Å²) in [6.07, 6.45) is 0. The molecular weight excluding hydrogens is 472 g/mol. The minimum absolute atomic E-state index is 0.129. The standard InChI is InChI=1S/C25H21BrN2O4/c1-28(15-23(29)27-21-13-7-6-12-20(21)26)25(30)24-19(16-31-17-9-3-2-4-10-17)18-11-5-8-14-22(18)32-24/h2-14H,15-16H2,1H3,(H,27,29). The molecule has 0 radical (unpaired) electrons. The number of hydrogen-bond donors (Lipinski definition) is 1. The number of halogens is 1. The Bertz CT molecular complexity index is 1250. The number of fused-ring (bicyclic) bond motifs is 1. The third-order valence-electron chi connectivity index (χ3n) is 4.89. The van der Waals surface area contributed by atoms with E-state index < -0.39 is 5.91 Å². The van der Waals surface area contributed by atoms with E-state index >= 15 is 0 Å². The highest BCUT2D eigenvalue weighted by molar-refractivity contribution is 9.10. The van der Waals surface area contributed by atoms with Crippen LogP contribution in [0.1, 0.15) is 16.1 Å². The van der Waals surface area contributed by atoms with E-state index in [1.165, 1.54) is 4.90 Å². The quantitative estimate of drug-likeness (QED) is 0.370. The molecule has 0 aliphatic carbocycles. The smallest absolute Gasteiger partial charge is 0.290 e. The summed E-state index contributed by atoms with van der Waals surface area (Å²) in [5, 5.41) is 3.60. The largest absolute Gasteiger partial charge is 0.489 e. The average Bonchev–Trinajstić information content (AvgIpc) is 3.18. The zero-order chi connectivity index (χ0) is 22.5. The fourth-order valence-electron chi connectivity index (χ4n) is 3.30. The van der Waals surface area contributed by atoms with E-state index in [-0.39, 0.29) is 24.8 Å². The lowest BCUT2D eigenvalue weighted by Gasteiger charge is -2.17. The molecule has 0 fully saturated rings. The molecule has 0 bridgehead atoms. The number of carbonyl (C=O) groups excluding carboxylic acids is 2. The zero-order valence-electron chi connectivity index (χ0n) is 17.4. The summed E-state index contributed by atoms with van der Waals surface area (Å²) in [6, 6.07) is 24.1. The van der Waals surface area contributed by atoms with E-state index in [4.69, 9.17) is 9.15 Å². The number of amides is 2.